The van der Waals surface area contributed by atoms with E-state index in [0.717, 1.165) is 5.06 Å². The summed E-state index contributed by atoms with van der Waals surface area (Å²) in [5.41, 5.74) is -0.0832. The first kappa shape index (κ1) is 21.2. The number of ketones is 2. The first-order chi connectivity index (χ1) is 12.9. The van der Waals surface area contributed by atoms with Crippen LogP contribution in [0.4, 0.5) is 5.69 Å². The lowest BCUT2D eigenvalue weighted by atomic mass is 9.91. The monoisotopic (exact) mass is 386 g/mol. The maximum absolute atomic E-state index is 12.3. The molecule has 0 atom stereocenters. The van der Waals surface area contributed by atoms with Crippen LogP contribution in [0.2, 0.25) is 0 Å². The van der Waals surface area contributed by atoms with Gasteiger partial charge in [-0.25, -0.2) is 5.21 Å². The molecule has 1 heterocycles. The number of rotatable bonds is 5. The molecule has 1 aromatic rings. The van der Waals surface area contributed by atoms with Crippen molar-refractivity contribution in [1.82, 2.24) is 5.06 Å². The highest BCUT2D eigenvalue weighted by atomic mass is 16.6. The van der Waals surface area contributed by atoms with Crippen molar-refractivity contribution in [3.63, 3.8) is 0 Å². The summed E-state index contributed by atoms with van der Waals surface area (Å²) in [6.07, 6.45) is 4.39. The second-order valence-electron chi connectivity index (χ2n) is 7.56. The molecule has 0 saturated heterocycles. The lowest BCUT2D eigenvalue weighted by molar-refractivity contribution is -0.421. The van der Waals surface area contributed by atoms with E-state index >= 15 is 0 Å². The second kappa shape index (κ2) is 7.85. The fourth-order valence-corrected chi connectivity index (χ4v) is 2.77. The van der Waals surface area contributed by atoms with Crippen molar-refractivity contribution in [2.75, 3.05) is 0 Å². The largest absolute Gasteiger partial charge is 0.290 e. The molecule has 2 rings (SSSR count). The normalized spacial score (nSPS) is 16.8. The SMILES string of the molecule is CC(=O)C1=CC(c2ccccc2[N+](=O)[O-])C=C(C(C)=O)[N+]1=CN(O)C(C)(C)C. The minimum atomic E-state index is -0.668. The first-order valence-electron chi connectivity index (χ1n) is 8.74. The van der Waals surface area contributed by atoms with Crippen molar-refractivity contribution in [2.45, 2.75) is 46.1 Å². The summed E-state index contributed by atoms with van der Waals surface area (Å²) in [5.74, 6) is -1.31. The van der Waals surface area contributed by atoms with Gasteiger partial charge in [-0.15, -0.1) is 5.06 Å². The van der Waals surface area contributed by atoms with Gasteiger partial charge in [0, 0.05) is 31.4 Å². The molecule has 0 aromatic heterocycles. The van der Waals surface area contributed by atoms with Crippen LogP contribution in [0.1, 0.15) is 46.1 Å². The van der Waals surface area contributed by atoms with Crippen molar-refractivity contribution >= 4 is 23.6 Å². The number of carbonyl (C=O) groups excluding carboxylic acids is 2. The van der Waals surface area contributed by atoms with Crippen molar-refractivity contribution in [1.29, 1.82) is 0 Å². The van der Waals surface area contributed by atoms with E-state index < -0.39 is 16.4 Å². The van der Waals surface area contributed by atoms with E-state index in [-0.39, 0.29) is 28.6 Å². The zero-order chi connectivity index (χ0) is 21.2. The lowest BCUT2D eigenvalue weighted by Gasteiger charge is -2.24. The molecule has 0 radical (unpaired) electrons. The molecule has 28 heavy (non-hydrogen) atoms. The molecule has 0 spiro atoms. The second-order valence-corrected chi connectivity index (χ2v) is 7.56. The Hall–Kier alpha value is -3.13. The van der Waals surface area contributed by atoms with Crippen LogP contribution in [0.15, 0.2) is 47.8 Å². The predicted molar refractivity (Wildman–Crippen MR) is 103 cm³/mol. The molecule has 0 amide bonds. The molecule has 8 nitrogen and oxygen atoms in total. The van der Waals surface area contributed by atoms with Gasteiger partial charge in [-0.2, -0.15) is 4.58 Å². The molecule has 0 saturated carbocycles. The van der Waals surface area contributed by atoms with Crippen LogP contribution >= 0.6 is 0 Å². The Balaban J connectivity index is 2.70. The quantitative estimate of drug-likeness (QED) is 0.361. The Morgan fingerprint density at radius 1 is 1.14 bits per heavy atom. The molecule has 0 fully saturated rings. The van der Waals surface area contributed by atoms with Crippen LogP contribution in [0.3, 0.4) is 0 Å². The highest BCUT2D eigenvalue weighted by Gasteiger charge is 2.34. The average Bonchev–Trinajstić information content (AvgIpc) is 2.60. The number of hydroxylamine groups is 2. The molecule has 0 unspecified atom stereocenters. The van der Waals surface area contributed by atoms with Crippen LogP contribution in [0, 0.1) is 10.1 Å². The fraction of sp³-hybridized carbons (Fsp3) is 0.350. The summed E-state index contributed by atoms with van der Waals surface area (Å²) >= 11 is 0. The molecule has 1 aliphatic heterocycles. The molecule has 0 aliphatic carbocycles. The average molecular weight is 386 g/mol. The molecule has 1 N–H and O–H groups in total. The standard InChI is InChI=1S/C20H24N3O5/c1-13(24)18-10-15(16-8-6-7-9-17(16)23(27)28)11-19(14(2)25)21(18)12-22(26)20(3,4)5/h6-12,15,26H,1-5H3/q+1. The summed E-state index contributed by atoms with van der Waals surface area (Å²) in [6, 6.07) is 6.20. The van der Waals surface area contributed by atoms with E-state index in [2.05, 4.69) is 0 Å². The van der Waals surface area contributed by atoms with E-state index in [1.807, 2.05) is 0 Å². The highest BCUT2D eigenvalue weighted by Crippen LogP contribution is 2.34. The minimum absolute atomic E-state index is 0.0956. The first-order valence-corrected chi connectivity index (χ1v) is 8.74. The number of benzene rings is 1. The summed E-state index contributed by atoms with van der Waals surface area (Å²) in [6.45, 7) is 7.96. The van der Waals surface area contributed by atoms with E-state index in [4.69, 9.17) is 0 Å². The maximum atomic E-state index is 12.3. The van der Waals surface area contributed by atoms with E-state index in [0.29, 0.717) is 5.56 Å². The van der Waals surface area contributed by atoms with Crippen LogP contribution in [0.25, 0.3) is 0 Å². The number of nitro groups is 1. The van der Waals surface area contributed by atoms with Gasteiger partial charge in [0.1, 0.15) is 5.54 Å². The van der Waals surface area contributed by atoms with Gasteiger partial charge >= 0.3 is 0 Å². The van der Waals surface area contributed by atoms with Gasteiger partial charge in [0.05, 0.1) is 4.92 Å². The number of hydrogen-bond acceptors (Lipinski definition) is 5. The molecule has 1 aliphatic rings. The van der Waals surface area contributed by atoms with Gasteiger partial charge in [-0.3, -0.25) is 19.7 Å². The Morgan fingerprint density at radius 2 is 1.64 bits per heavy atom. The predicted octanol–water partition coefficient (Wildman–Crippen LogP) is 3.17. The Labute approximate surface area is 163 Å². The van der Waals surface area contributed by atoms with Gasteiger partial charge in [0.15, 0.2) is 23.0 Å². The third kappa shape index (κ3) is 4.40. The van der Waals surface area contributed by atoms with E-state index in [1.54, 1.807) is 51.1 Å². The molecule has 0 bridgehead atoms. The Bertz CT molecular complexity index is 888. The van der Waals surface area contributed by atoms with Crippen molar-refractivity contribution in [2.24, 2.45) is 0 Å². The number of Topliss-reactive ketones (excluding diaryl/α,β-unsaturated/α-hetero) is 2. The summed E-state index contributed by atoms with van der Waals surface area (Å²) in [4.78, 5) is 35.5. The van der Waals surface area contributed by atoms with Gasteiger partial charge in [-0.1, -0.05) is 18.2 Å². The minimum Gasteiger partial charge on any atom is -0.290 e. The number of nitrogens with zero attached hydrogens (tertiary/aromatic N) is 3. The van der Waals surface area contributed by atoms with Crippen molar-refractivity contribution in [3.8, 4) is 0 Å². The van der Waals surface area contributed by atoms with E-state index in [1.165, 1.54) is 30.8 Å². The van der Waals surface area contributed by atoms with Crippen LogP contribution < -0.4 is 0 Å². The fourth-order valence-electron chi connectivity index (χ4n) is 2.77. The number of carbonyl (C=O) groups is 2. The zero-order valence-corrected chi connectivity index (χ0v) is 16.5. The summed E-state index contributed by atoms with van der Waals surface area (Å²) in [5, 5.41) is 22.6. The number of hydrogen-bond donors (Lipinski definition) is 1. The lowest BCUT2D eigenvalue weighted by Crippen LogP contribution is -2.41. The topological polar surface area (TPSA) is 104 Å². The van der Waals surface area contributed by atoms with Gasteiger partial charge in [0.2, 0.25) is 0 Å². The Kier molecular flexibility index (Phi) is 5.94. The third-order valence-electron chi connectivity index (χ3n) is 4.32. The summed E-state index contributed by atoms with van der Waals surface area (Å²) in [7, 11) is 0. The Morgan fingerprint density at radius 3 is 2.07 bits per heavy atom. The van der Waals surface area contributed by atoms with E-state index in [9.17, 15) is 24.9 Å². The van der Waals surface area contributed by atoms with Crippen molar-refractivity contribution < 1.29 is 24.3 Å². The van der Waals surface area contributed by atoms with Gasteiger partial charge in [-0.05, 0) is 32.9 Å². The number of nitro benzene ring substituents is 1. The summed E-state index contributed by atoms with van der Waals surface area (Å²) < 4.78 is 1.32. The molecular weight excluding hydrogens is 362 g/mol. The van der Waals surface area contributed by atoms with Crippen LogP contribution in [-0.2, 0) is 9.59 Å². The molecule has 1 aromatic carbocycles. The van der Waals surface area contributed by atoms with Crippen LogP contribution in [0.5, 0.6) is 0 Å². The zero-order valence-electron chi connectivity index (χ0n) is 16.5. The molecule has 148 valence electrons. The number of allylic oxidation sites excluding steroid dienone is 4. The third-order valence-corrected chi connectivity index (χ3v) is 4.32. The highest BCUT2D eigenvalue weighted by molar-refractivity contribution is 5.96. The van der Waals surface area contributed by atoms with Crippen molar-refractivity contribution in [3.05, 3.63) is 63.5 Å². The smallest absolute Gasteiger partial charge is 0.275 e. The maximum Gasteiger partial charge on any atom is 0.275 e. The molecular formula is C20H24N3O5+. The molecule has 8 heteroatoms. The van der Waals surface area contributed by atoms with Gasteiger partial charge in [0.25, 0.3) is 12.0 Å². The van der Waals surface area contributed by atoms with Gasteiger partial charge < -0.3 is 0 Å². The number of para-hydroxylation sites is 1. The van der Waals surface area contributed by atoms with Crippen LogP contribution in [-0.4, -0.2) is 43.2 Å².